The van der Waals surface area contributed by atoms with Crippen LogP contribution in [0.2, 0.25) is 0 Å². The zero-order chi connectivity index (χ0) is 11.3. The summed E-state index contributed by atoms with van der Waals surface area (Å²) in [7, 11) is 0. The van der Waals surface area contributed by atoms with Gasteiger partial charge in [0.1, 0.15) is 0 Å². The van der Waals surface area contributed by atoms with Gasteiger partial charge in [0.25, 0.3) is 5.91 Å². The Labute approximate surface area is 91.4 Å². The molecule has 1 saturated heterocycles. The summed E-state index contributed by atoms with van der Waals surface area (Å²) in [5.41, 5.74) is -1.31. The molecular formula is C11H22N2O2. The number of hydrogen-bond acceptors (Lipinski definition) is 3. The van der Waals surface area contributed by atoms with Gasteiger partial charge in [-0.3, -0.25) is 10.1 Å². The Hall–Kier alpha value is -0.610. The molecule has 1 aliphatic rings. The third-order valence-corrected chi connectivity index (χ3v) is 3.21. The molecular weight excluding hydrogens is 192 g/mol. The van der Waals surface area contributed by atoms with Crippen LogP contribution in [0.3, 0.4) is 0 Å². The minimum atomic E-state index is -1.31. The Morgan fingerprint density at radius 3 is 2.67 bits per heavy atom. The SMILES string of the molecule is CCC(CC)CNC(=O)C1(O)CCCN1. The van der Waals surface area contributed by atoms with Crippen molar-refractivity contribution in [2.45, 2.75) is 45.3 Å². The first kappa shape index (κ1) is 12.5. The van der Waals surface area contributed by atoms with E-state index >= 15 is 0 Å². The molecule has 0 radical (unpaired) electrons. The van der Waals surface area contributed by atoms with Gasteiger partial charge >= 0.3 is 0 Å². The molecule has 4 nitrogen and oxygen atoms in total. The minimum Gasteiger partial charge on any atom is -0.367 e. The highest BCUT2D eigenvalue weighted by Gasteiger charge is 2.38. The summed E-state index contributed by atoms with van der Waals surface area (Å²) in [4.78, 5) is 11.7. The van der Waals surface area contributed by atoms with Crippen LogP contribution in [0.1, 0.15) is 39.5 Å². The number of hydrogen-bond donors (Lipinski definition) is 3. The average molecular weight is 214 g/mol. The fourth-order valence-electron chi connectivity index (χ4n) is 1.88. The smallest absolute Gasteiger partial charge is 0.267 e. The van der Waals surface area contributed by atoms with Gasteiger partial charge in [-0.15, -0.1) is 0 Å². The predicted molar refractivity (Wildman–Crippen MR) is 59.3 cm³/mol. The van der Waals surface area contributed by atoms with Crippen molar-refractivity contribution in [3.63, 3.8) is 0 Å². The normalized spacial score (nSPS) is 25.9. The van der Waals surface area contributed by atoms with E-state index in [1.54, 1.807) is 0 Å². The van der Waals surface area contributed by atoms with Crippen molar-refractivity contribution in [2.24, 2.45) is 5.92 Å². The molecule has 1 heterocycles. The molecule has 4 heteroatoms. The van der Waals surface area contributed by atoms with Crippen LogP contribution in [0, 0.1) is 5.92 Å². The predicted octanol–water partition coefficient (Wildman–Crippen LogP) is 0.611. The summed E-state index contributed by atoms with van der Waals surface area (Å²) in [6, 6.07) is 0. The Morgan fingerprint density at radius 1 is 1.53 bits per heavy atom. The molecule has 1 rings (SSSR count). The summed E-state index contributed by atoms with van der Waals surface area (Å²) in [5.74, 6) is 0.242. The monoisotopic (exact) mass is 214 g/mol. The second-order valence-corrected chi connectivity index (χ2v) is 4.28. The number of carbonyl (C=O) groups is 1. The van der Waals surface area contributed by atoms with Crippen molar-refractivity contribution < 1.29 is 9.90 Å². The number of rotatable bonds is 5. The molecule has 3 N–H and O–H groups in total. The number of aliphatic hydroxyl groups is 1. The molecule has 88 valence electrons. The lowest BCUT2D eigenvalue weighted by atomic mass is 10.0. The molecule has 0 aromatic carbocycles. The van der Waals surface area contributed by atoms with Gasteiger partial charge in [0.2, 0.25) is 0 Å². The highest BCUT2D eigenvalue weighted by molar-refractivity contribution is 5.84. The summed E-state index contributed by atoms with van der Waals surface area (Å²) in [6.07, 6.45) is 3.49. The van der Waals surface area contributed by atoms with Gasteiger partial charge in [0, 0.05) is 13.0 Å². The van der Waals surface area contributed by atoms with Gasteiger partial charge < -0.3 is 10.4 Å². The molecule has 1 atom stereocenters. The Balaban J connectivity index is 2.35. The molecule has 0 aliphatic carbocycles. The van der Waals surface area contributed by atoms with Gasteiger partial charge in [0.05, 0.1) is 0 Å². The van der Waals surface area contributed by atoms with Crippen molar-refractivity contribution in [3.8, 4) is 0 Å². The minimum absolute atomic E-state index is 0.271. The molecule has 1 unspecified atom stereocenters. The molecule has 15 heavy (non-hydrogen) atoms. The van der Waals surface area contributed by atoms with Gasteiger partial charge in [-0.1, -0.05) is 26.7 Å². The van der Waals surface area contributed by atoms with Gasteiger partial charge in [-0.05, 0) is 18.9 Å². The molecule has 1 amide bonds. The van der Waals surface area contributed by atoms with Crippen LogP contribution in [-0.4, -0.2) is 29.8 Å². The Morgan fingerprint density at radius 2 is 2.20 bits per heavy atom. The molecule has 1 aliphatic heterocycles. The van der Waals surface area contributed by atoms with Gasteiger partial charge in [-0.2, -0.15) is 0 Å². The summed E-state index contributed by atoms with van der Waals surface area (Å²) < 4.78 is 0. The van der Waals surface area contributed by atoms with Crippen LogP contribution in [-0.2, 0) is 4.79 Å². The fraction of sp³-hybridized carbons (Fsp3) is 0.909. The summed E-state index contributed by atoms with van der Waals surface area (Å²) in [5, 5.41) is 15.5. The molecule has 0 saturated carbocycles. The third kappa shape index (κ3) is 3.18. The van der Waals surface area contributed by atoms with E-state index in [1.165, 1.54) is 0 Å². The first-order valence-electron chi connectivity index (χ1n) is 5.88. The Bertz CT molecular complexity index is 209. The van der Waals surface area contributed by atoms with Crippen molar-refractivity contribution in [3.05, 3.63) is 0 Å². The van der Waals surface area contributed by atoms with Crippen molar-refractivity contribution in [1.29, 1.82) is 0 Å². The van der Waals surface area contributed by atoms with E-state index in [1.807, 2.05) is 0 Å². The molecule has 0 bridgehead atoms. The highest BCUT2D eigenvalue weighted by atomic mass is 16.3. The van der Waals surface area contributed by atoms with Crippen LogP contribution in [0.4, 0.5) is 0 Å². The average Bonchev–Trinajstić information content (AvgIpc) is 2.68. The molecule has 1 fully saturated rings. The standard InChI is InChI=1S/C11H22N2O2/c1-3-9(4-2)8-12-10(14)11(15)6-5-7-13-11/h9,13,15H,3-8H2,1-2H3,(H,12,14). The van der Waals surface area contributed by atoms with Crippen LogP contribution >= 0.6 is 0 Å². The van der Waals surface area contributed by atoms with Crippen LogP contribution in [0.15, 0.2) is 0 Å². The van der Waals surface area contributed by atoms with Crippen molar-refractivity contribution in [2.75, 3.05) is 13.1 Å². The topological polar surface area (TPSA) is 61.4 Å². The van der Waals surface area contributed by atoms with E-state index in [-0.39, 0.29) is 5.91 Å². The largest absolute Gasteiger partial charge is 0.367 e. The maximum absolute atomic E-state index is 11.7. The van der Waals surface area contributed by atoms with E-state index < -0.39 is 5.72 Å². The number of amides is 1. The summed E-state index contributed by atoms with van der Waals surface area (Å²) >= 11 is 0. The van der Waals surface area contributed by atoms with Crippen molar-refractivity contribution >= 4 is 5.91 Å². The van der Waals surface area contributed by atoms with E-state index in [2.05, 4.69) is 24.5 Å². The van der Waals surface area contributed by atoms with E-state index in [9.17, 15) is 9.90 Å². The highest BCUT2D eigenvalue weighted by Crippen LogP contribution is 2.16. The van der Waals surface area contributed by atoms with Crippen LogP contribution in [0.25, 0.3) is 0 Å². The lowest BCUT2D eigenvalue weighted by Crippen LogP contribution is -2.54. The Kier molecular flexibility index (Phi) is 4.54. The van der Waals surface area contributed by atoms with Crippen molar-refractivity contribution in [1.82, 2.24) is 10.6 Å². The number of nitrogens with one attached hydrogen (secondary N) is 2. The maximum atomic E-state index is 11.7. The van der Waals surface area contributed by atoms with Gasteiger partial charge in [0.15, 0.2) is 5.72 Å². The summed E-state index contributed by atoms with van der Waals surface area (Å²) in [6.45, 7) is 5.61. The first-order valence-corrected chi connectivity index (χ1v) is 5.88. The van der Waals surface area contributed by atoms with Crippen LogP contribution in [0.5, 0.6) is 0 Å². The molecule has 0 aromatic heterocycles. The van der Waals surface area contributed by atoms with E-state index in [0.717, 1.165) is 25.8 Å². The second-order valence-electron chi connectivity index (χ2n) is 4.28. The zero-order valence-electron chi connectivity index (χ0n) is 9.68. The van der Waals surface area contributed by atoms with E-state index in [0.29, 0.717) is 18.9 Å². The molecule has 0 aromatic rings. The van der Waals surface area contributed by atoms with Gasteiger partial charge in [-0.25, -0.2) is 0 Å². The lowest BCUT2D eigenvalue weighted by molar-refractivity contribution is -0.141. The quantitative estimate of drug-likeness (QED) is 0.628. The third-order valence-electron chi connectivity index (χ3n) is 3.21. The molecule has 0 spiro atoms. The van der Waals surface area contributed by atoms with Crippen LogP contribution < -0.4 is 10.6 Å². The zero-order valence-corrected chi connectivity index (χ0v) is 9.68. The maximum Gasteiger partial charge on any atom is 0.267 e. The van der Waals surface area contributed by atoms with E-state index in [4.69, 9.17) is 0 Å². The second kappa shape index (κ2) is 5.47. The number of carbonyl (C=O) groups excluding carboxylic acids is 1. The fourth-order valence-corrected chi connectivity index (χ4v) is 1.88. The first-order chi connectivity index (χ1) is 7.12. The lowest BCUT2D eigenvalue weighted by Gasteiger charge is -2.23.